The van der Waals surface area contributed by atoms with E-state index in [1.807, 2.05) is 0 Å². The molecule has 2 N–H and O–H groups in total. The highest BCUT2D eigenvalue weighted by atomic mass is 32.3. The fraction of sp³-hybridized carbons (Fsp3) is 0.875. The fourth-order valence-corrected chi connectivity index (χ4v) is 4.30. The molecule has 0 radical (unpaired) electrons. The number of allylic oxidation sites excluding steroid dienone is 2. The summed E-state index contributed by atoms with van der Waals surface area (Å²) in [5.74, 6) is -0.615. The summed E-state index contributed by atoms with van der Waals surface area (Å²) < 4.78 is 73.9. The van der Waals surface area contributed by atoms with E-state index >= 15 is 0 Å². The average molecular weight is 559 g/mol. The van der Waals surface area contributed by atoms with Crippen molar-refractivity contribution in [3.05, 3.63) is 12.2 Å². The van der Waals surface area contributed by atoms with Crippen molar-refractivity contribution in [2.75, 3.05) is 6.61 Å². The Balaban J connectivity index is 3.88. The molecule has 0 heterocycles. The van der Waals surface area contributed by atoms with E-state index in [2.05, 4.69) is 27.4 Å². The summed E-state index contributed by atoms with van der Waals surface area (Å²) >= 11 is 0. The van der Waals surface area contributed by atoms with Crippen LogP contribution >= 0.6 is 0 Å². The van der Waals surface area contributed by atoms with Gasteiger partial charge in [0.05, 0.1) is 6.61 Å². The SMILES string of the molecule is CCCCCCCC/C=C\CCCCCCCC(=O)OC(CCCCCOS(=O)(=O)O)OS(=O)(=O)O. The molecule has 0 aromatic carbocycles. The van der Waals surface area contributed by atoms with E-state index in [4.69, 9.17) is 13.8 Å². The zero-order valence-electron chi connectivity index (χ0n) is 21.6. The van der Waals surface area contributed by atoms with E-state index in [1.54, 1.807) is 0 Å². The van der Waals surface area contributed by atoms with Crippen LogP contribution in [-0.4, -0.2) is 44.8 Å². The van der Waals surface area contributed by atoms with Gasteiger partial charge in [0.15, 0.2) is 0 Å². The number of carbonyl (C=O) groups excluding carboxylic acids is 1. The van der Waals surface area contributed by atoms with Gasteiger partial charge in [0.25, 0.3) is 0 Å². The van der Waals surface area contributed by atoms with Crippen LogP contribution in [0.4, 0.5) is 0 Å². The maximum atomic E-state index is 12.0. The first-order valence-electron chi connectivity index (χ1n) is 13.2. The highest BCUT2D eigenvalue weighted by Gasteiger charge is 2.21. The predicted molar refractivity (Wildman–Crippen MR) is 138 cm³/mol. The van der Waals surface area contributed by atoms with Gasteiger partial charge < -0.3 is 4.74 Å². The molecular weight excluding hydrogens is 512 g/mol. The third-order valence-corrected chi connectivity index (χ3v) is 6.37. The minimum absolute atomic E-state index is 0.0101. The number of unbranched alkanes of at least 4 members (excludes halogenated alkanes) is 13. The Morgan fingerprint density at radius 3 is 1.81 bits per heavy atom. The molecule has 1 atom stereocenters. The van der Waals surface area contributed by atoms with Crippen LogP contribution in [0.25, 0.3) is 0 Å². The minimum Gasteiger partial charge on any atom is -0.434 e. The van der Waals surface area contributed by atoms with Gasteiger partial charge >= 0.3 is 26.8 Å². The second-order valence-corrected chi connectivity index (χ2v) is 11.0. The summed E-state index contributed by atoms with van der Waals surface area (Å²) in [7, 11) is -9.31. The van der Waals surface area contributed by atoms with Crippen molar-refractivity contribution >= 4 is 26.8 Å². The van der Waals surface area contributed by atoms with Crippen LogP contribution in [0.15, 0.2) is 12.2 Å². The second kappa shape index (κ2) is 22.0. The molecule has 0 aromatic heterocycles. The van der Waals surface area contributed by atoms with Gasteiger partial charge in [-0.3, -0.25) is 13.9 Å². The molecule has 0 aliphatic heterocycles. The van der Waals surface area contributed by atoms with Gasteiger partial charge in [0, 0.05) is 12.8 Å². The Hall–Kier alpha value is -1.05. The molecule has 0 saturated carbocycles. The lowest BCUT2D eigenvalue weighted by Gasteiger charge is -2.16. The molecule has 214 valence electrons. The molecule has 0 amide bonds. The quantitative estimate of drug-likeness (QED) is 0.0442. The molecule has 0 bridgehead atoms. The van der Waals surface area contributed by atoms with Crippen LogP contribution in [-0.2, 0) is 38.7 Å². The predicted octanol–water partition coefficient (Wildman–Crippen LogP) is 6.09. The molecule has 0 aliphatic rings. The smallest absolute Gasteiger partial charge is 0.400 e. The number of esters is 1. The monoisotopic (exact) mass is 558 g/mol. The second-order valence-electron chi connectivity index (χ2n) is 8.88. The van der Waals surface area contributed by atoms with Crippen molar-refractivity contribution in [2.45, 2.75) is 129 Å². The van der Waals surface area contributed by atoms with E-state index < -0.39 is 33.1 Å². The summed E-state index contributed by atoms with van der Waals surface area (Å²) in [5.41, 5.74) is 0. The van der Waals surface area contributed by atoms with E-state index in [0.29, 0.717) is 19.3 Å². The first-order chi connectivity index (χ1) is 17.0. The van der Waals surface area contributed by atoms with Crippen LogP contribution in [0.3, 0.4) is 0 Å². The Kier molecular flexibility index (Phi) is 21.3. The molecule has 36 heavy (non-hydrogen) atoms. The molecule has 1 unspecified atom stereocenters. The van der Waals surface area contributed by atoms with E-state index in [9.17, 15) is 21.6 Å². The Labute approximate surface area is 218 Å². The maximum Gasteiger partial charge on any atom is 0.400 e. The van der Waals surface area contributed by atoms with Gasteiger partial charge in [-0.05, 0) is 44.9 Å². The molecule has 0 aromatic rings. The number of hydrogen-bond acceptors (Lipinski definition) is 8. The van der Waals surface area contributed by atoms with E-state index in [-0.39, 0.29) is 25.9 Å². The third kappa shape index (κ3) is 27.5. The highest BCUT2D eigenvalue weighted by Crippen LogP contribution is 2.14. The molecule has 0 aliphatic carbocycles. The van der Waals surface area contributed by atoms with Gasteiger partial charge in [-0.15, -0.1) is 0 Å². The maximum absolute atomic E-state index is 12.0. The van der Waals surface area contributed by atoms with Crippen LogP contribution in [0, 0.1) is 0 Å². The zero-order valence-corrected chi connectivity index (χ0v) is 23.3. The summed E-state index contributed by atoms with van der Waals surface area (Å²) in [6.07, 6.45) is 18.9. The number of ether oxygens (including phenoxy) is 1. The Morgan fingerprint density at radius 2 is 1.25 bits per heavy atom. The molecule has 0 fully saturated rings. The van der Waals surface area contributed by atoms with Crippen LogP contribution in [0.1, 0.15) is 122 Å². The molecular formula is C24H46O10S2. The van der Waals surface area contributed by atoms with Crippen molar-refractivity contribution < 1.29 is 43.8 Å². The average Bonchev–Trinajstić information content (AvgIpc) is 2.77. The minimum atomic E-state index is -4.81. The molecule has 0 rings (SSSR count). The van der Waals surface area contributed by atoms with Gasteiger partial charge in [0.2, 0.25) is 6.29 Å². The largest absolute Gasteiger partial charge is 0.434 e. The van der Waals surface area contributed by atoms with Crippen molar-refractivity contribution in [3.8, 4) is 0 Å². The summed E-state index contributed by atoms with van der Waals surface area (Å²) in [4.78, 5) is 12.0. The summed E-state index contributed by atoms with van der Waals surface area (Å²) in [6, 6.07) is 0. The molecule has 10 nitrogen and oxygen atoms in total. The van der Waals surface area contributed by atoms with Gasteiger partial charge in [-0.1, -0.05) is 76.9 Å². The summed E-state index contributed by atoms with van der Waals surface area (Å²) in [6.45, 7) is 1.99. The lowest BCUT2D eigenvalue weighted by Crippen LogP contribution is -2.24. The lowest BCUT2D eigenvalue weighted by molar-refractivity contribution is -0.164. The lowest BCUT2D eigenvalue weighted by atomic mass is 10.1. The standard InChI is InChI=1S/C24H46O10S2/c1-2-3-4-5-6-7-8-9-10-11-12-13-14-15-17-20-23(25)33-24(34-36(29,30)31)21-18-16-19-22-32-35(26,27)28/h9-10,24H,2-8,11-22H2,1H3,(H,26,27,28)(H,29,30,31)/b10-9-. The molecule has 0 spiro atoms. The first kappa shape index (κ1) is 35.0. The normalized spacial score (nSPS) is 13.3. The van der Waals surface area contributed by atoms with Crippen molar-refractivity contribution in [1.82, 2.24) is 0 Å². The van der Waals surface area contributed by atoms with E-state index in [1.165, 1.54) is 38.5 Å². The van der Waals surface area contributed by atoms with Gasteiger partial charge in [-0.2, -0.15) is 16.8 Å². The van der Waals surface area contributed by atoms with Crippen LogP contribution < -0.4 is 0 Å². The van der Waals surface area contributed by atoms with Crippen molar-refractivity contribution in [1.29, 1.82) is 0 Å². The zero-order chi connectivity index (χ0) is 27.1. The number of hydrogen-bond donors (Lipinski definition) is 2. The third-order valence-electron chi connectivity index (χ3n) is 5.45. The number of rotatable bonds is 25. The van der Waals surface area contributed by atoms with Gasteiger partial charge in [0.1, 0.15) is 0 Å². The highest BCUT2D eigenvalue weighted by molar-refractivity contribution is 7.81. The van der Waals surface area contributed by atoms with Crippen LogP contribution in [0.2, 0.25) is 0 Å². The summed E-state index contributed by atoms with van der Waals surface area (Å²) in [5, 5.41) is 0. The van der Waals surface area contributed by atoms with Crippen molar-refractivity contribution in [2.24, 2.45) is 0 Å². The fourth-order valence-electron chi connectivity index (χ4n) is 3.56. The van der Waals surface area contributed by atoms with Crippen molar-refractivity contribution in [3.63, 3.8) is 0 Å². The number of carbonyl (C=O) groups is 1. The van der Waals surface area contributed by atoms with Gasteiger partial charge in [-0.25, -0.2) is 8.37 Å². The van der Waals surface area contributed by atoms with E-state index in [0.717, 1.165) is 38.5 Å². The Morgan fingerprint density at radius 1 is 0.722 bits per heavy atom. The molecule has 0 saturated heterocycles. The topological polar surface area (TPSA) is 154 Å². The van der Waals surface area contributed by atoms with Crippen LogP contribution in [0.5, 0.6) is 0 Å². The first-order valence-corrected chi connectivity index (χ1v) is 15.9. The molecule has 12 heteroatoms. The Bertz CT molecular complexity index is 779.